The van der Waals surface area contributed by atoms with Gasteiger partial charge >= 0.3 is 0 Å². The van der Waals surface area contributed by atoms with Crippen LogP contribution in [0.5, 0.6) is 0 Å². The fourth-order valence-corrected chi connectivity index (χ4v) is 5.31. The highest BCUT2D eigenvalue weighted by Crippen LogP contribution is 2.31. The molecule has 9 heteroatoms. The molecule has 0 unspecified atom stereocenters. The van der Waals surface area contributed by atoms with Crippen LogP contribution >= 0.6 is 23.2 Å². The van der Waals surface area contributed by atoms with Gasteiger partial charge in [-0.25, -0.2) is 8.42 Å². The van der Waals surface area contributed by atoms with Crippen LogP contribution in [0.3, 0.4) is 0 Å². The third kappa shape index (κ3) is 5.10. The third-order valence-corrected chi connectivity index (χ3v) is 7.60. The summed E-state index contributed by atoms with van der Waals surface area (Å²) in [6.07, 6.45) is 0. The van der Waals surface area contributed by atoms with Gasteiger partial charge in [-0.1, -0.05) is 43.1 Å². The monoisotopic (exact) mass is 422 g/mol. The van der Waals surface area contributed by atoms with Crippen molar-refractivity contribution in [3.8, 4) is 0 Å². The van der Waals surface area contributed by atoms with E-state index in [4.69, 9.17) is 23.2 Å². The number of nitrogens with zero attached hydrogens (tertiary/aromatic N) is 1. The number of nitrogens with one attached hydrogen (secondary N) is 2. The largest absolute Gasteiger partial charge is 0.348 e. The van der Waals surface area contributed by atoms with Gasteiger partial charge < -0.3 is 10.2 Å². The molecule has 1 aliphatic heterocycles. The van der Waals surface area contributed by atoms with Gasteiger partial charge in [0.25, 0.3) is 5.91 Å². The van der Waals surface area contributed by atoms with Crippen molar-refractivity contribution < 1.29 is 18.1 Å². The number of hydrogen-bond acceptors (Lipinski definition) is 3. The van der Waals surface area contributed by atoms with Crippen molar-refractivity contribution in [3.05, 3.63) is 28.2 Å². The molecule has 0 aromatic heterocycles. The van der Waals surface area contributed by atoms with E-state index in [2.05, 4.69) is 19.2 Å². The first-order valence-corrected chi connectivity index (χ1v) is 10.9. The van der Waals surface area contributed by atoms with Crippen molar-refractivity contribution in [2.45, 2.75) is 31.7 Å². The molecule has 2 N–H and O–H groups in total. The zero-order valence-electron chi connectivity index (χ0n) is 15.3. The number of rotatable bonds is 6. The van der Waals surface area contributed by atoms with Crippen LogP contribution in [-0.4, -0.2) is 57.4 Å². The Morgan fingerprint density at radius 1 is 1.19 bits per heavy atom. The SMILES string of the molecule is CC(C)[C@@H](C)NC(=O)C[NH+]1CCN(S(=O)(=O)c2c(Cl)cccc2Cl)CC1. The lowest BCUT2D eigenvalue weighted by Gasteiger charge is -2.31. The molecule has 1 aliphatic rings. The molecule has 1 aromatic rings. The number of hydrogen-bond donors (Lipinski definition) is 2. The molecule has 26 heavy (non-hydrogen) atoms. The molecule has 1 atom stereocenters. The lowest BCUT2D eigenvalue weighted by Crippen LogP contribution is -3.15. The fraction of sp³-hybridized carbons (Fsp3) is 0.588. The van der Waals surface area contributed by atoms with Crippen LogP contribution in [0, 0.1) is 5.92 Å². The van der Waals surface area contributed by atoms with Crippen molar-refractivity contribution in [3.63, 3.8) is 0 Å². The number of quaternary nitrogens is 1. The highest BCUT2D eigenvalue weighted by atomic mass is 35.5. The number of carbonyl (C=O) groups is 1. The standard InChI is InChI=1S/C17H25Cl2N3O3S/c1-12(2)13(3)20-16(23)11-21-7-9-22(10-8-21)26(24,25)17-14(18)5-4-6-15(17)19/h4-6,12-13H,7-11H2,1-3H3,(H,20,23)/p+1/t13-/m1/s1. The molecule has 2 rings (SSSR count). The van der Waals surface area contributed by atoms with Gasteiger partial charge in [0.1, 0.15) is 4.90 Å². The predicted octanol–water partition coefficient (Wildman–Crippen LogP) is 1.04. The second-order valence-electron chi connectivity index (χ2n) is 6.98. The van der Waals surface area contributed by atoms with Gasteiger partial charge in [0, 0.05) is 6.04 Å². The van der Waals surface area contributed by atoms with Gasteiger partial charge in [0.15, 0.2) is 6.54 Å². The maximum atomic E-state index is 12.8. The average molecular weight is 423 g/mol. The zero-order chi connectivity index (χ0) is 19.5. The summed E-state index contributed by atoms with van der Waals surface area (Å²) in [6, 6.07) is 4.76. The minimum atomic E-state index is -3.75. The molecule has 1 aromatic carbocycles. The maximum absolute atomic E-state index is 12.8. The molecule has 1 heterocycles. The average Bonchev–Trinajstić information content (AvgIpc) is 2.54. The summed E-state index contributed by atoms with van der Waals surface area (Å²) in [6.45, 7) is 8.21. The molecule has 0 saturated carbocycles. The second kappa shape index (κ2) is 8.89. The van der Waals surface area contributed by atoms with E-state index in [-0.39, 0.29) is 26.9 Å². The molecule has 0 aliphatic carbocycles. The maximum Gasteiger partial charge on any atom is 0.275 e. The molecule has 1 saturated heterocycles. The quantitative estimate of drug-likeness (QED) is 0.719. The summed E-state index contributed by atoms with van der Waals surface area (Å²) < 4.78 is 27.1. The lowest BCUT2D eigenvalue weighted by atomic mass is 10.1. The van der Waals surface area contributed by atoms with E-state index in [1.807, 2.05) is 6.92 Å². The summed E-state index contributed by atoms with van der Waals surface area (Å²) in [7, 11) is -3.75. The third-order valence-electron chi connectivity index (χ3n) is 4.75. The number of sulfonamides is 1. The van der Waals surface area contributed by atoms with Crippen LogP contribution in [0.15, 0.2) is 23.1 Å². The molecule has 1 fully saturated rings. The van der Waals surface area contributed by atoms with Gasteiger partial charge in [0.2, 0.25) is 10.0 Å². The number of benzene rings is 1. The van der Waals surface area contributed by atoms with Gasteiger partial charge in [-0.3, -0.25) is 4.79 Å². The number of amides is 1. The summed E-state index contributed by atoms with van der Waals surface area (Å²) >= 11 is 12.1. The topological polar surface area (TPSA) is 70.9 Å². The van der Waals surface area contributed by atoms with E-state index in [0.717, 1.165) is 4.90 Å². The van der Waals surface area contributed by atoms with Crippen molar-refractivity contribution >= 4 is 39.1 Å². The Hall–Kier alpha value is -0.860. The zero-order valence-corrected chi connectivity index (χ0v) is 17.6. The Balaban J connectivity index is 1.97. The first-order valence-electron chi connectivity index (χ1n) is 8.70. The molecule has 1 amide bonds. The Bertz CT molecular complexity index is 727. The van der Waals surface area contributed by atoms with E-state index >= 15 is 0 Å². The molecular formula is C17H26Cl2N3O3S+. The molecule has 146 valence electrons. The Morgan fingerprint density at radius 2 is 1.73 bits per heavy atom. The van der Waals surface area contributed by atoms with Crippen LogP contribution in [0.25, 0.3) is 0 Å². The molecular weight excluding hydrogens is 397 g/mol. The van der Waals surface area contributed by atoms with Crippen molar-refractivity contribution in [1.29, 1.82) is 0 Å². The minimum absolute atomic E-state index is 0.00773. The van der Waals surface area contributed by atoms with E-state index in [9.17, 15) is 13.2 Å². The van der Waals surface area contributed by atoms with Crippen LogP contribution in [0.1, 0.15) is 20.8 Å². The van der Waals surface area contributed by atoms with E-state index in [0.29, 0.717) is 38.6 Å². The minimum Gasteiger partial charge on any atom is -0.348 e. The predicted molar refractivity (Wildman–Crippen MR) is 103 cm³/mol. The smallest absolute Gasteiger partial charge is 0.275 e. The van der Waals surface area contributed by atoms with Crippen LogP contribution in [-0.2, 0) is 14.8 Å². The Labute approximate surface area is 165 Å². The van der Waals surface area contributed by atoms with Crippen molar-refractivity contribution in [1.82, 2.24) is 9.62 Å². The van der Waals surface area contributed by atoms with Crippen molar-refractivity contribution in [2.75, 3.05) is 32.7 Å². The Kier molecular flexibility index (Phi) is 7.33. The summed E-state index contributed by atoms with van der Waals surface area (Å²) in [5.74, 6) is 0.364. The number of carbonyl (C=O) groups excluding carboxylic acids is 1. The van der Waals surface area contributed by atoms with E-state index in [1.54, 1.807) is 6.07 Å². The first-order chi connectivity index (χ1) is 12.1. The first kappa shape index (κ1) is 21.4. The number of piperazine rings is 1. The van der Waals surface area contributed by atoms with E-state index < -0.39 is 10.0 Å². The van der Waals surface area contributed by atoms with E-state index in [1.165, 1.54) is 16.4 Å². The number of halogens is 2. The van der Waals surface area contributed by atoms with Crippen molar-refractivity contribution in [2.24, 2.45) is 5.92 Å². The molecule has 0 spiro atoms. The van der Waals surface area contributed by atoms with Gasteiger partial charge in [0.05, 0.1) is 36.2 Å². The second-order valence-corrected chi connectivity index (χ2v) is 9.67. The highest BCUT2D eigenvalue weighted by molar-refractivity contribution is 7.89. The van der Waals surface area contributed by atoms with Gasteiger partial charge in [-0.15, -0.1) is 0 Å². The van der Waals surface area contributed by atoms with Gasteiger partial charge in [-0.05, 0) is 25.0 Å². The summed E-state index contributed by atoms with van der Waals surface area (Å²) in [5, 5.41) is 3.22. The van der Waals surface area contributed by atoms with Crippen LogP contribution < -0.4 is 10.2 Å². The molecule has 0 bridgehead atoms. The van der Waals surface area contributed by atoms with Crippen LogP contribution in [0.2, 0.25) is 10.0 Å². The van der Waals surface area contributed by atoms with Crippen LogP contribution in [0.4, 0.5) is 0 Å². The highest BCUT2D eigenvalue weighted by Gasteiger charge is 2.33. The lowest BCUT2D eigenvalue weighted by molar-refractivity contribution is -0.895. The fourth-order valence-electron chi connectivity index (χ4n) is 2.78. The summed E-state index contributed by atoms with van der Waals surface area (Å²) in [4.78, 5) is 13.1. The summed E-state index contributed by atoms with van der Waals surface area (Å²) in [5.41, 5.74) is 0. The Morgan fingerprint density at radius 3 is 2.23 bits per heavy atom. The molecule has 6 nitrogen and oxygen atoms in total. The normalized spacial score (nSPS) is 18.1. The van der Waals surface area contributed by atoms with Gasteiger partial charge in [-0.2, -0.15) is 4.31 Å². The molecule has 0 radical (unpaired) electrons.